The van der Waals surface area contributed by atoms with Crippen LogP contribution in [-0.2, 0) is 23.8 Å². The van der Waals surface area contributed by atoms with E-state index in [1.165, 1.54) is 0 Å². The Bertz CT molecular complexity index is 346. The van der Waals surface area contributed by atoms with Gasteiger partial charge < -0.3 is 14.2 Å². The van der Waals surface area contributed by atoms with Crippen molar-refractivity contribution in [1.82, 2.24) is 0 Å². The minimum absolute atomic E-state index is 0.328. The lowest BCUT2D eigenvalue weighted by Crippen LogP contribution is -2.19. The van der Waals surface area contributed by atoms with E-state index in [-0.39, 0.29) is 5.97 Å². The average Bonchev–Trinajstić information content (AvgIpc) is 2.32. The maximum atomic E-state index is 11.2. The molecule has 0 rings (SSSR count). The van der Waals surface area contributed by atoms with Crippen LogP contribution < -0.4 is 0 Å². The van der Waals surface area contributed by atoms with E-state index in [1.54, 1.807) is 20.8 Å². The average molecular weight is 270 g/mol. The van der Waals surface area contributed by atoms with Gasteiger partial charge in [-0.3, -0.25) is 0 Å². The second kappa shape index (κ2) is 9.33. The Balaban J connectivity index is 3.54. The highest BCUT2D eigenvalue weighted by molar-refractivity contribution is 5.87. The van der Waals surface area contributed by atoms with Gasteiger partial charge in [0.1, 0.15) is 0 Å². The maximum absolute atomic E-state index is 11.2. The Kier molecular flexibility index (Phi) is 8.53. The fourth-order valence-electron chi connectivity index (χ4n) is 1.03. The van der Waals surface area contributed by atoms with E-state index in [9.17, 15) is 9.59 Å². The summed E-state index contributed by atoms with van der Waals surface area (Å²) >= 11 is 0. The third kappa shape index (κ3) is 9.02. The topological polar surface area (TPSA) is 61.8 Å². The van der Waals surface area contributed by atoms with E-state index in [0.29, 0.717) is 37.2 Å². The van der Waals surface area contributed by atoms with Crippen molar-refractivity contribution >= 4 is 11.9 Å². The summed E-state index contributed by atoms with van der Waals surface area (Å²) in [4.78, 5) is 22.2. The fourth-order valence-corrected chi connectivity index (χ4v) is 1.03. The highest BCUT2D eigenvalue weighted by atomic mass is 16.7. The van der Waals surface area contributed by atoms with Gasteiger partial charge in [-0.05, 0) is 33.6 Å². The van der Waals surface area contributed by atoms with Gasteiger partial charge in [-0.2, -0.15) is 0 Å². The quantitative estimate of drug-likeness (QED) is 0.278. The van der Waals surface area contributed by atoms with Crippen molar-refractivity contribution in [3.8, 4) is 0 Å². The lowest BCUT2D eigenvalue weighted by molar-refractivity contribution is -0.170. The molecule has 0 amide bonds. The summed E-state index contributed by atoms with van der Waals surface area (Å²) in [6.45, 7) is 12.5. The molecule has 0 aromatic heterocycles. The van der Waals surface area contributed by atoms with E-state index in [1.807, 2.05) is 0 Å². The van der Waals surface area contributed by atoms with Gasteiger partial charge in [-0.15, -0.1) is 0 Å². The highest BCUT2D eigenvalue weighted by Crippen LogP contribution is 2.02. The number of rotatable bonds is 9. The molecule has 1 atom stereocenters. The van der Waals surface area contributed by atoms with Crippen molar-refractivity contribution < 1.29 is 23.8 Å². The molecule has 0 aliphatic carbocycles. The predicted molar refractivity (Wildman–Crippen MR) is 71.3 cm³/mol. The molecule has 0 N–H and O–H groups in total. The van der Waals surface area contributed by atoms with Crippen LogP contribution in [-0.4, -0.2) is 31.4 Å². The van der Waals surface area contributed by atoms with E-state index in [0.717, 1.165) is 0 Å². The summed E-state index contributed by atoms with van der Waals surface area (Å²) < 4.78 is 15.1. The zero-order chi connectivity index (χ0) is 14.8. The molecule has 0 aromatic rings. The summed E-state index contributed by atoms with van der Waals surface area (Å²) in [6.07, 6.45) is 0.778. The van der Waals surface area contributed by atoms with Crippen LogP contribution in [0.25, 0.3) is 0 Å². The van der Waals surface area contributed by atoms with Crippen LogP contribution in [0.2, 0.25) is 0 Å². The molecule has 108 valence electrons. The largest absolute Gasteiger partial charge is 0.462 e. The normalized spacial score (nSPS) is 11.5. The van der Waals surface area contributed by atoms with Crippen LogP contribution in [0.4, 0.5) is 0 Å². The van der Waals surface area contributed by atoms with Crippen LogP contribution in [0.3, 0.4) is 0 Å². The van der Waals surface area contributed by atoms with Crippen LogP contribution in [0.5, 0.6) is 0 Å². The Hall–Kier alpha value is -1.62. The first-order chi connectivity index (χ1) is 8.84. The van der Waals surface area contributed by atoms with E-state index < -0.39 is 12.3 Å². The van der Waals surface area contributed by atoms with Gasteiger partial charge in [-0.1, -0.05) is 13.2 Å². The van der Waals surface area contributed by atoms with E-state index >= 15 is 0 Å². The molecule has 5 heteroatoms. The molecule has 0 radical (unpaired) electrons. The van der Waals surface area contributed by atoms with Crippen molar-refractivity contribution in [1.29, 1.82) is 0 Å². The number of hydrogen-bond acceptors (Lipinski definition) is 5. The van der Waals surface area contributed by atoms with Crippen LogP contribution in [0.15, 0.2) is 24.3 Å². The standard InChI is InChI=1S/C14H22O5/c1-10(2)13(15)18-9-7-6-8-17-12(5)19-14(16)11(3)4/h12H,1,3,6-9H2,2,4-5H3. The minimum Gasteiger partial charge on any atom is -0.462 e. The zero-order valence-electron chi connectivity index (χ0n) is 11.9. The Morgan fingerprint density at radius 1 is 1.00 bits per heavy atom. The van der Waals surface area contributed by atoms with Crippen LogP contribution in [0.1, 0.15) is 33.6 Å². The van der Waals surface area contributed by atoms with Gasteiger partial charge in [0.15, 0.2) is 6.29 Å². The number of carbonyl (C=O) groups is 2. The van der Waals surface area contributed by atoms with Crippen LogP contribution >= 0.6 is 0 Å². The second-order valence-corrected chi connectivity index (χ2v) is 4.25. The molecule has 0 bridgehead atoms. The number of ether oxygens (including phenoxy) is 3. The van der Waals surface area contributed by atoms with Gasteiger partial charge in [0, 0.05) is 11.1 Å². The lowest BCUT2D eigenvalue weighted by Gasteiger charge is -2.13. The van der Waals surface area contributed by atoms with Crippen molar-refractivity contribution in [2.24, 2.45) is 0 Å². The maximum Gasteiger partial charge on any atom is 0.335 e. The zero-order valence-corrected chi connectivity index (χ0v) is 11.9. The van der Waals surface area contributed by atoms with E-state index in [2.05, 4.69) is 13.2 Å². The number of carbonyl (C=O) groups excluding carboxylic acids is 2. The number of hydrogen-bond donors (Lipinski definition) is 0. The Morgan fingerprint density at radius 3 is 2.05 bits per heavy atom. The molecule has 0 aliphatic rings. The SMILES string of the molecule is C=C(C)C(=O)OCCCCOC(C)OC(=O)C(=C)C. The van der Waals surface area contributed by atoms with Gasteiger partial charge in [-0.25, -0.2) is 9.59 Å². The second-order valence-electron chi connectivity index (χ2n) is 4.25. The predicted octanol–water partition coefficient (Wildman–Crippen LogP) is 2.37. The molecule has 1 unspecified atom stereocenters. The summed E-state index contributed by atoms with van der Waals surface area (Å²) in [5, 5.41) is 0. The number of unbranched alkanes of at least 4 members (excludes halogenated alkanes) is 1. The molecular formula is C14H22O5. The van der Waals surface area contributed by atoms with Crippen molar-refractivity contribution in [2.45, 2.75) is 39.9 Å². The molecule has 0 aliphatic heterocycles. The molecule has 0 saturated heterocycles. The molecule has 0 aromatic carbocycles. The lowest BCUT2D eigenvalue weighted by atomic mass is 10.3. The Labute approximate surface area is 114 Å². The summed E-state index contributed by atoms with van der Waals surface area (Å²) in [7, 11) is 0. The van der Waals surface area contributed by atoms with Crippen molar-refractivity contribution in [3.05, 3.63) is 24.3 Å². The number of esters is 2. The van der Waals surface area contributed by atoms with Crippen molar-refractivity contribution in [2.75, 3.05) is 13.2 Å². The summed E-state index contributed by atoms with van der Waals surface area (Å²) in [6, 6.07) is 0. The van der Waals surface area contributed by atoms with Crippen LogP contribution in [0, 0.1) is 0 Å². The van der Waals surface area contributed by atoms with Gasteiger partial charge in [0.25, 0.3) is 0 Å². The minimum atomic E-state index is -0.609. The third-order valence-electron chi connectivity index (χ3n) is 2.09. The smallest absolute Gasteiger partial charge is 0.335 e. The van der Waals surface area contributed by atoms with Gasteiger partial charge in [0.2, 0.25) is 0 Å². The molecular weight excluding hydrogens is 248 g/mol. The first-order valence-corrected chi connectivity index (χ1v) is 6.15. The first-order valence-electron chi connectivity index (χ1n) is 6.15. The van der Waals surface area contributed by atoms with Gasteiger partial charge >= 0.3 is 11.9 Å². The molecule has 0 fully saturated rings. The summed E-state index contributed by atoms with van der Waals surface area (Å²) in [5.74, 6) is -0.854. The third-order valence-corrected chi connectivity index (χ3v) is 2.09. The molecule has 5 nitrogen and oxygen atoms in total. The first kappa shape index (κ1) is 17.4. The summed E-state index contributed by atoms with van der Waals surface area (Å²) in [5.41, 5.74) is 0.721. The monoisotopic (exact) mass is 270 g/mol. The fraction of sp³-hybridized carbons (Fsp3) is 0.571. The Morgan fingerprint density at radius 2 is 1.53 bits per heavy atom. The highest BCUT2D eigenvalue weighted by Gasteiger charge is 2.09. The molecule has 0 saturated carbocycles. The molecule has 0 spiro atoms. The van der Waals surface area contributed by atoms with E-state index in [4.69, 9.17) is 14.2 Å². The molecule has 19 heavy (non-hydrogen) atoms. The van der Waals surface area contributed by atoms with Crippen molar-refractivity contribution in [3.63, 3.8) is 0 Å². The van der Waals surface area contributed by atoms with Gasteiger partial charge in [0.05, 0.1) is 13.2 Å². The molecule has 0 heterocycles.